The van der Waals surface area contributed by atoms with E-state index in [2.05, 4.69) is 5.32 Å². The van der Waals surface area contributed by atoms with Gasteiger partial charge in [-0.15, -0.1) is 0 Å². The number of benzene rings is 1. The van der Waals surface area contributed by atoms with Crippen LogP contribution in [-0.2, 0) is 14.8 Å². The summed E-state index contributed by atoms with van der Waals surface area (Å²) in [6.07, 6.45) is -0.366. The highest BCUT2D eigenvalue weighted by molar-refractivity contribution is 7.89. The molecule has 1 aromatic rings. The number of carbonyl (C=O) groups excluding carboxylic acids is 1. The highest BCUT2D eigenvalue weighted by Crippen LogP contribution is 2.36. The summed E-state index contributed by atoms with van der Waals surface area (Å²) in [4.78, 5) is 14.2. The maximum absolute atomic E-state index is 13.2. The average Bonchev–Trinajstić information content (AvgIpc) is 3.18. The van der Waals surface area contributed by atoms with Gasteiger partial charge < -0.3 is 19.7 Å². The van der Waals surface area contributed by atoms with Crippen LogP contribution in [0.15, 0.2) is 34.2 Å². The van der Waals surface area contributed by atoms with Crippen LogP contribution in [0.25, 0.3) is 0 Å². The van der Waals surface area contributed by atoms with Gasteiger partial charge in [-0.05, 0) is 64.0 Å². The van der Waals surface area contributed by atoms with E-state index in [0.29, 0.717) is 44.2 Å². The lowest BCUT2D eigenvalue weighted by Crippen LogP contribution is -2.40. The molecule has 0 spiro atoms. The monoisotopic (exact) mass is 435 g/mol. The minimum atomic E-state index is -3.65. The smallest absolute Gasteiger partial charge is 0.410 e. The average molecular weight is 436 g/mol. The molecule has 4 rings (SSSR count). The molecule has 1 aromatic carbocycles. The standard InChI is InChI=1S/C21H29N3O5S/c1-20(2,3)29-19(25)23-9-14-11-24(12-15(14)10-23)30(26,27)16-6-7-18-17(8-16)22-13-21(4,5)28-18/h6-8,22H,9-13H2,1-5H3. The molecule has 0 saturated carbocycles. The van der Waals surface area contributed by atoms with Crippen molar-refractivity contribution in [3.63, 3.8) is 0 Å². The zero-order valence-electron chi connectivity index (χ0n) is 18.1. The first-order valence-electron chi connectivity index (χ1n) is 10.1. The van der Waals surface area contributed by atoms with Gasteiger partial charge in [0.25, 0.3) is 0 Å². The predicted octanol–water partition coefficient (Wildman–Crippen LogP) is 2.82. The van der Waals surface area contributed by atoms with E-state index in [9.17, 15) is 13.2 Å². The lowest BCUT2D eigenvalue weighted by Gasteiger charge is -2.33. The molecular formula is C21H29N3O5S. The first kappa shape index (κ1) is 21.0. The number of ether oxygens (including phenoxy) is 2. The molecule has 0 bridgehead atoms. The molecule has 30 heavy (non-hydrogen) atoms. The minimum absolute atomic E-state index is 0.238. The summed E-state index contributed by atoms with van der Waals surface area (Å²) in [5, 5.41) is 3.26. The van der Waals surface area contributed by atoms with Crippen LogP contribution >= 0.6 is 0 Å². The Morgan fingerprint density at radius 3 is 2.37 bits per heavy atom. The molecule has 3 heterocycles. The van der Waals surface area contributed by atoms with Gasteiger partial charge in [-0.3, -0.25) is 0 Å². The van der Waals surface area contributed by atoms with Crippen LogP contribution in [-0.4, -0.2) is 67.6 Å². The van der Waals surface area contributed by atoms with Gasteiger partial charge >= 0.3 is 6.09 Å². The highest BCUT2D eigenvalue weighted by atomic mass is 32.2. The van der Waals surface area contributed by atoms with Gasteiger partial charge in [0.2, 0.25) is 10.0 Å². The number of rotatable bonds is 2. The van der Waals surface area contributed by atoms with E-state index in [1.54, 1.807) is 23.1 Å². The Balaban J connectivity index is 1.44. The molecule has 3 aliphatic heterocycles. The fraction of sp³-hybridized carbons (Fsp3) is 0.571. The SMILES string of the molecule is CC(C)(C)OC(=O)N1CC2=C(C1)CN(S(=O)(=O)c1ccc3c(c1)NCC(C)(C)O3)C2. The van der Waals surface area contributed by atoms with E-state index in [1.165, 1.54) is 4.31 Å². The highest BCUT2D eigenvalue weighted by Gasteiger charge is 2.39. The molecule has 0 fully saturated rings. The van der Waals surface area contributed by atoms with Crippen molar-refractivity contribution in [1.29, 1.82) is 0 Å². The van der Waals surface area contributed by atoms with E-state index in [0.717, 1.165) is 11.1 Å². The molecule has 164 valence electrons. The number of carbonyl (C=O) groups is 1. The third kappa shape index (κ3) is 4.00. The third-order valence-corrected chi connectivity index (χ3v) is 7.12. The van der Waals surface area contributed by atoms with Gasteiger partial charge in [-0.25, -0.2) is 13.2 Å². The first-order chi connectivity index (χ1) is 13.8. The second kappa shape index (κ2) is 6.88. The molecule has 8 nitrogen and oxygen atoms in total. The molecule has 0 aromatic heterocycles. The summed E-state index contributed by atoms with van der Waals surface area (Å²) in [6.45, 7) is 11.5. The minimum Gasteiger partial charge on any atom is -0.484 e. The van der Waals surface area contributed by atoms with Gasteiger partial charge in [0, 0.05) is 26.2 Å². The lowest BCUT2D eigenvalue weighted by atomic mass is 10.1. The van der Waals surface area contributed by atoms with Crippen molar-refractivity contribution in [3.8, 4) is 5.75 Å². The number of hydrogen-bond donors (Lipinski definition) is 1. The molecule has 9 heteroatoms. The van der Waals surface area contributed by atoms with Crippen LogP contribution in [0.1, 0.15) is 34.6 Å². The number of nitrogens with zero attached hydrogens (tertiary/aromatic N) is 2. The summed E-state index contributed by atoms with van der Waals surface area (Å²) in [5.74, 6) is 0.653. The van der Waals surface area contributed by atoms with E-state index in [4.69, 9.17) is 9.47 Å². The van der Waals surface area contributed by atoms with Gasteiger partial charge in [0.1, 0.15) is 17.0 Å². The van der Waals surface area contributed by atoms with Crippen LogP contribution in [0.2, 0.25) is 0 Å². The van der Waals surface area contributed by atoms with Crippen LogP contribution in [0.4, 0.5) is 10.5 Å². The zero-order chi connectivity index (χ0) is 21.9. The van der Waals surface area contributed by atoms with Crippen molar-refractivity contribution in [1.82, 2.24) is 9.21 Å². The van der Waals surface area contributed by atoms with E-state index in [1.807, 2.05) is 34.6 Å². The van der Waals surface area contributed by atoms with Crippen molar-refractivity contribution in [2.24, 2.45) is 0 Å². The van der Waals surface area contributed by atoms with Crippen LogP contribution in [0.3, 0.4) is 0 Å². The molecule has 1 amide bonds. The number of amides is 1. The molecule has 1 N–H and O–H groups in total. The molecule has 0 aliphatic carbocycles. The predicted molar refractivity (Wildman–Crippen MR) is 113 cm³/mol. The van der Waals surface area contributed by atoms with Crippen molar-refractivity contribution in [2.45, 2.75) is 50.7 Å². The Labute approximate surface area is 177 Å². The Bertz CT molecular complexity index is 1010. The van der Waals surface area contributed by atoms with Crippen molar-refractivity contribution < 1.29 is 22.7 Å². The van der Waals surface area contributed by atoms with Crippen molar-refractivity contribution in [3.05, 3.63) is 29.3 Å². The summed E-state index contributed by atoms with van der Waals surface area (Å²) >= 11 is 0. The molecule has 0 radical (unpaired) electrons. The second-order valence-corrected chi connectivity index (χ2v) is 11.6. The molecular weight excluding hydrogens is 406 g/mol. The normalized spacial score (nSPS) is 21.0. The zero-order valence-corrected chi connectivity index (χ0v) is 18.9. The van der Waals surface area contributed by atoms with Crippen LogP contribution in [0, 0.1) is 0 Å². The molecule has 0 unspecified atom stereocenters. The number of nitrogens with one attached hydrogen (secondary N) is 1. The fourth-order valence-corrected chi connectivity index (χ4v) is 5.32. The summed E-state index contributed by atoms with van der Waals surface area (Å²) < 4.78 is 39.2. The molecule has 0 saturated heterocycles. The van der Waals surface area contributed by atoms with E-state index in [-0.39, 0.29) is 16.6 Å². The number of sulfonamides is 1. The molecule has 0 atom stereocenters. The lowest BCUT2D eigenvalue weighted by molar-refractivity contribution is 0.0295. The Hall–Kier alpha value is -2.26. The van der Waals surface area contributed by atoms with Gasteiger partial charge in [0.05, 0.1) is 17.1 Å². The van der Waals surface area contributed by atoms with Gasteiger partial charge in [0.15, 0.2) is 0 Å². The summed E-state index contributed by atoms with van der Waals surface area (Å²) in [5.41, 5.74) is 1.74. The van der Waals surface area contributed by atoms with Crippen LogP contribution < -0.4 is 10.1 Å². The number of fused-ring (bicyclic) bond motifs is 1. The van der Waals surface area contributed by atoms with Gasteiger partial charge in [-0.1, -0.05) is 0 Å². The Morgan fingerprint density at radius 1 is 1.13 bits per heavy atom. The topological polar surface area (TPSA) is 88.2 Å². The maximum atomic E-state index is 13.2. The maximum Gasteiger partial charge on any atom is 0.410 e. The van der Waals surface area contributed by atoms with Crippen molar-refractivity contribution in [2.75, 3.05) is 38.0 Å². The largest absolute Gasteiger partial charge is 0.484 e. The third-order valence-electron chi connectivity index (χ3n) is 5.33. The molecule has 3 aliphatic rings. The Morgan fingerprint density at radius 2 is 1.77 bits per heavy atom. The van der Waals surface area contributed by atoms with Crippen molar-refractivity contribution >= 4 is 21.8 Å². The van der Waals surface area contributed by atoms with Crippen LogP contribution in [0.5, 0.6) is 5.75 Å². The number of anilines is 1. The Kier molecular flexibility index (Phi) is 4.81. The van der Waals surface area contributed by atoms with E-state index < -0.39 is 15.6 Å². The quantitative estimate of drug-likeness (QED) is 0.719. The second-order valence-electron chi connectivity index (χ2n) is 9.69. The summed E-state index contributed by atoms with van der Waals surface area (Å²) in [7, 11) is -3.65. The fourth-order valence-electron chi connectivity index (χ4n) is 3.86. The van der Waals surface area contributed by atoms with Gasteiger partial charge in [-0.2, -0.15) is 4.31 Å². The van der Waals surface area contributed by atoms with E-state index >= 15 is 0 Å². The summed E-state index contributed by atoms with van der Waals surface area (Å²) in [6, 6.07) is 4.93. The number of hydrogen-bond acceptors (Lipinski definition) is 6. The first-order valence-corrected chi connectivity index (χ1v) is 11.5.